The molecule has 0 aromatic heterocycles. The van der Waals surface area contributed by atoms with Gasteiger partial charge in [0, 0.05) is 6.54 Å². The molecule has 0 aromatic rings. The number of rotatable bonds is 2. The minimum Gasteiger partial charge on any atom is -0.313 e. The van der Waals surface area contributed by atoms with E-state index in [4.69, 9.17) is 0 Å². The minimum absolute atomic E-state index is 0.722. The maximum Gasteiger partial charge on any atom is 0.0168 e. The van der Waals surface area contributed by atoms with Crippen LogP contribution in [0.1, 0.15) is 34.1 Å². The van der Waals surface area contributed by atoms with Gasteiger partial charge >= 0.3 is 0 Å². The van der Waals surface area contributed by atoms with Crippen LogP contribution in [0, 0.1) is 11.8 Å². The van der Waals surface area contributed by atoms with Gasteiger partial charge in [-0.25, -0.2) is 0 Å². The largest absolute Gasteiger partial charge is 0.313 e. The van der Waals surface area contributed by atoms with Crippen LogP contribution in [0.5, 0.6) is 0 Å². The lowest BCUT2D eigenvalue weighted by Crippen LogP contribution is -2.09. The molecule has 0 unspecified atom stereocenters. The third-order valence-electron chi connectivity index (χ3n) is 2.59. The lowest BCUT2D eigenvalue weighted by molar-refractivity contribution is 0.611. The van der Waals surface area contributed by atoms with Gasteiger partial charge in [-0.3, -0.25) is 0 Å². The molecule has 0 spiro atoms. The first-order valence-corrected chi connectivity index (χ1v) is 5.05. The standard InChI is InChI=1S/C11H21N/c1-8(2)11(9(3)4)10-5-6-12-7-10/h8-9,12H,5-7H2,1-4H3. The lowest BCUT2D eigenvalue weighted by Gasteiger charge is -2.18. The van der Waals surface area contributed by atoms with Crippen LogP contribution < -0.4 is 5.32 Å². The van der Waals surface area contributed by atoms with Gasteiger partial charge < -0.3 is 5.32 Å². The van der Waals surface area contributed by atoms with Gasteiger partial charge in [-0.1, -0.05) is 38.8 Å². The summed E-state index contributed by atoms with van der Waals surface area (Å²) >= 11 is 0. The average Bonchev–Trinajstić information content (AvgIpc) is 2.37. The van der Waals surface area contributed by atoms with Gasteiger partial charge in [-0.15, -0.1) is 0 Å². The van der Waals surface area contributed by atoms with E-state index in [9.17, 15) is 0 Å². The molecule has 1 aliphatic heterocycles. The van der Waals surface area contributed by atoms with Crippen LogP contribution in [0.15, 0.2) is 11.1 Å². The van der Waals surface area contributed by atoms with Crippen LogP contribution in [0.25, 0.3) is 0 Å². The molecule has 0 aliphatic carbocycles. The predicted octanol–water partition coefficient (Wildman–Crippen LogP) is 2.59. The van der Waals surface area contributed by atoms with Crippen LogP contribution in [-0.2, 0) is 0 Å². The Kier molecular flexibility index (Phi) is 3.33. The van der Waals surface area contributed by atoms with Gasteiger partial charge in [0.2, 0.25) is 0 Å². The van der Waals surface area contributed by atoms with Gasteiger partial charge in [0.25, 0.3) is 0 Å². The molecule has 0 aromatic carbocycles. The van der Waals surface area contributed by atoms with Gasteiger partial charge in [0.05, 0.1) is 0 Å². The van der Waals surface area contributed by atoms with Crippen molar-refractivity contribution < 1.29 is 0 Å². The number of nitrogens with one attached hydrogen (secondary N) is 1. The van der Waals surface area contributed by atoms with Crippen molar-refractivity contribution in [2.75, 3.05) is 13.1 Å². The smallest absolute Gasteiger partial charge is 0.0168 e. The SMILES string of the molecule is CC(C)C(=C1CCNC1)C(C)C. The first-order chi connectivity index (χ1) is 5.63. The second kappa shape index (κ2) is 4.08. The van der Waals surface area contributed by atoms with Gasteiger partial charge in [-0.05, 0) is 24.8 Å². The summed E-state index contributed by atoms with van der Waals surface area (Å²) in [6.07, 6.45) is 1.27. The molecular formula is C11H21N. The first-order valence-electron chi connectivity index (χ1n) is 5.05. The summed E-state index contributed by atoms with van der Waals surface area (Å²) in [7, 11) is 0. The molecule has 1 nitrogen and oxygen atoms in total. The van der Waals surface area contributed by atoms with E-state index in [1.165, 1.54) is 13.0 Å². The Morgan fingerprint density at radius 1 is 1.17 bits per heavy atom. The van der Waals surface area contributed by atoms with E-state index in [2.05, 4.69) is 33.0 Å². The average molecular weight is 167 g/mol. The predicted molar refractivity (Wildman–Crippen MR) is 54.2 cm³/mol. The van der Waals surface area contributed by atoms with E-state index in [1.54, 1.807) is 11.1 Å². The zero-order valence-electron chi connectivity index (χ0n) is 8.78. The van der Waals surface area contributed by atoms with Crippen LogP contribution in [0.3, 0.4) is 0 Å². The molecule has 1 rings (SSSR count). The summed E-state index contributed by atoms with van der Waals surface area (Å²) in [6, 6.07) is 0. The van der Waals surface area contributed by atoms with Gasteiger partial charge in [-0.2, -0.15) is 0 Å². The summed E-state index contributed by atoms with van der Waals surface area (Å²) in [5, 5.41) is 3.40. The molecule has 1 saturated heterocycles. The Hall–Kier alpha value is -0.300. The summed E-state index contributed by atoms with van der Waals surface area (Å²) in [6.45, 7) is 11.5. The molecule has 12 heavy (non-hydrogen) atoms. The fraction of sp³-hybridized carbons (Fsp3) is 0.818. The summed E-state index contributed by atoms with van der Waals surface area (Å²) in [4.78, 5) is 0. The molecule has 0 atom stereocenters. The topological polar surface area (TPSA) is 12.0 Å². The van der Waals surface area contributed by atoms with Crippen LogP contribution in [0.4, 0.5) is 0 Å². The van der Waals surface area contributed by atoms with Crippen molar-refractivity contribution in [2.45, 2.75) is 34.1 Å². The van der Waals surface area contributed by atoms with Crippen LogP contribution >= 0.6 is 0 Å². The number of allylic oxidation sites excluding steroid dienone is 1. The molecule has 1 aliphatic rings. The molecule has 0 saturated carbocycles. The molecule has 1 fully saturated rings. The normalized spacial score (nSPS) is 18.0. The molecule has 70 valence electrons. The third-order valence-corrected chi connectivity index (χ3v) is 2.59. The summed E-state index contributed by atoms with van der Waals surface area (Å²) in [5.41, 5.74) is 3.35. The Bertz CT molecular complexity index is 159. The fourth-order valence-electron chi connectivity index (χ4n) is 2.30. The van der Waals surface area contributed by atoms with E-state index in [1.807, 2.05) is 0 Å². The monoisotopic (exact) mass is 167 g/mol. The van der Waals surface area contributed by atoms with Crippen LogP contribution in [-0.4, -0.2) is 13.1 Å². The Balaban J connectivity index is 2.81. The number of hydrogen-bond donors (Lipinski definition) is 1. The highest BCUT2D eigenvalue weighted by atomic mass is 14.9. The maximum atomic E-state index is 3.40. The zero-order valence-corrected chi connectivity index (χ0v) is 8.78. The second-order valence-corrected chi connectivity index (χ2v) is 4.30. The number of hydrogen-bond acceptors (Lipinski definition) is 1. The minimum atomic E-state index is 0.722. The van der Waals surface area contributed by atoms with E-state index >= 15 is 0 Å². The summed E-state index contributed by atoms with van der Waals surface area (Å²) in [5.74, 6) is 1.44. The molecule has 0 radical (unpaired) electrons. The van der Waals surface area contributed by atoms with Crippen molar-refractivity contribution in [2.24, 2.45) is 11.8 Å². The third kappa shape index (κ3) is 2.10. The first kappa shape index (κ1) is 9.79. The molecular weight excluding hydrogens is 146 g/mol. The Morgan fingerprint density at radius 2 is 1.75 bits per heavy atom. The zero-order chi connectivity index (χ0) is 9.14. The summed E-state index contributed by atoms with van der Waals surface area (Å²) < 4.78 is 0. The van der Waals surface area contributed by atoms with E-state index in [0.29, 0.717) is 0 Å². The van der Waals surface area contributed by atoms with Crippen molar-refractivity contribution in [3.63, 3.8) is 0 Å². The van der Waals surface area contributed by atoms with Crippen molar-refractivity contribution in [3.8, 4) is 0 Å². The maximum absolute atomic E-state index is 3.40. The van der Waals surface area contributed by atoms with Crippen molar-refractivity contribution in [3.05, 3.63) is 11.1 Å². The van der Waals surface area contributed by atoms with Crippen molar-refractivity contribution >= 4 is 0 Å². The Labute approximate surface area is 76.2 Å². The molecule has 0 bridgehead atoms. The van der Waals surface area contributed by atoms with Gasteiger partial charge in [0.15, 0.2) is 0 Å². The van der Waals surface area contributed by atoms with Crippen LogP contribution in [0.2, 0.25) is 0 Å². The quantitative estimate of drug-likeness (QED) is 0.623. The van der Waals surface area contributed by atoms with Gasteiger partial charge in [0.1, 0.15) is 0 Å². The second-order valence-electron chi connectivity index (χ2n) is 4.30. The highest BCUT2D eigenvalue weighted by molar-refractivity contribution is 5.22. The van der Waals surface area contributed by atoms with Crippen molar-refractivity contribution in [1.29, 1.82) is 0 Å². The highest BCUT2D eigenvalue weighted by Gasteiger charge is 2.16. The highest BCUT2D eigenvalue weighted by Crippen LogP contribution is 2.26. The Morgan fingerprint density at radius 3 is 2.08 bits per heavy atom. The van der Waals surface area contributed by atoms with E-state index in [0.717, 1.165) is 18.4 Å². The lowest BCUT2D eigenvalue weighted by atomic mass is 9.88. The molecule has 1 heterocycles. The van der Waals surface area contributed by atoms with E-state index < -0.39 is 0 Å². The fourth-order valence-corrected chi connectivity index (χ4v) is 2.30. The van der Waals surface area contributed by atoms with E-state index in [-0.39, 0.29) is 0 Å². The molecule has 1 N–H and O–H groups in total. The molecule has 0 amide bonds. The van der Waals surface area contributed by atoms with Crippen molar-refractivity contribution in [1.82, 2.24) is 5.32 Å². The molecule has 1 heteroatoms.